The minimum atomic E-state index is -0.0903. The molecule has 7 heteroatoms. The molecule has 1 heterocycles. The average molecular weight is 362 g/mol. The van der Waals surface area contributed by atoms with E-state index in [1.165, 1.54) is 5.56 Å². The highest BCUT2D eigenvalue weighted by Crippen LogP contribution is 2.36. The minimum absolute atomic E-state index is 0.0903. The van der Waals surface area contributed by atoms with Crippen molar-refractivity contribution in [2.45, 2.75) is 32.2 Å². The molecule has 1 aromatic heterocycles. The van der Waals surface area contributed by atoms with Crippen molar-refractivity contribution in [1.29, 1.82) is 0 Å². The topological polar surface area (TPSA) is 84.7 Å². The van der Waals surface area contributed by atoms with Crippen molar-refractivity contribution in [2.75, 3.05) is 17.2 Å². The first-order chi connectivity index (χ1) is 13.2. The molecular formula is C20H22N6O. The van der Waals surface area contributed by atoms with E-state index in [1.807, 2.05) is 53.2 Å². The lowest BCUT2D eigenvalue weighted by Crippen LogP contribution is -2.21. The second kappa shape index (κ2) is 7.57. The first-order valence-corrected chi connectivity index (χ1v) is 9.24. The molecule has 2 aromatic carbocycles. The third kappa shape index (κ3) is 4.13. The third-order valence-corrected chi connectivity index (χ3v) is 4.61. The van der Waals surface area contributed by atoms with E-state index in [0.717, 1.165) is 42.0 Å². The Morgan fingerprint density at radius 3 is 2.70 bits per heavy atom. The van der Waals surface area contributed by atoms with E-state index in [2.05, 4.69) is 33.1 Å². The van der Waals surface area contributed by atoms with Crippen LogP contribution >= 0.6 is 0 Å². The highest BCUT2D eigenvalue weighted by Gasteiger charge is 2.28. The first-order valence-electron chi connectivity index (χ1n) is 9.24. The fourth-order valence-corrected chi connectivity index (χ4v) is 2.93. The summed E-state index contributed by atoms with van der Waals surface area (Å²) in [6.07, 6.45) is 3.22. The van der Waals surface area contributed by atoms with Gasteiger partial charge in [-0.25, -0.2) is 4.68 Å². The zero-order chi connectivity index (χ0) is 18.6. The normalized spacial score (nSPS) is 13.4. The van der Waals surface area contributed by atoms with E-state index in [1.54, 1.807) is 0 Å². The molecule has 27 heavy (non-hydrogen) atoms. The fourth-order valence-electron chi connectivity index (χ4n) is 2.93. The van der Waals surface area contributed by atoms with E-state index in [9.17, 15) is 4.79 Å². The largest absolute Gasteiger partial charge is 0.376 e. The van der Waals surface area contributed by atoms with Gasteiger partial charge in [0.05, 0.1) is 12.6 Å². The zero-order valence-corrected chi connectivity index (χ0v) is 15.2. The lowest BCUT2D eigenvalue weighted by molar-refractivity contribution is -0.114. The van der Waals surface area contributed by atoms with Gasteiger partial charge in [0.15, 0.2) is 5.82 Å². The van der Waals surface area contributed by atoms with Crippen molar-refractivity contribution in [3.05, 3.63) is 54.1 Å². The second-order valence-electron chi connectivity index (χ2n) is 6.71. The van der Waals surface area contributed by atoms with Crippen molar-refractivity contribution in [3.8, 4) is 11.4 Å². The number of nitrogens with one attached hydrogen (secondary N) is 2. The van der Waals surface area contributed by atoms with Gasteiger partial charge in [-0.1, -0.05) is 31.2 Å². The van der Waals surface area contributed by atoms with Crippen molar-refractivity contribution in [3.63, 3.8) is 0 Å². The van der Waals surface area contributed by atoms with Crippen LogP contribution in [0.3, 0.4) is 0 Å². The van der Waals surface area contributed by atoms with Crippen LogP contribution in [0.1, 0.15) is 31.4 Å². The van der Waals surface area contributed by atoms with Gasteiger partial charge >= 0.3 is 0 Å². The molecule has 1 aliphatic carbocycles. The molecule has 0 aliphatic heterocycles. The van der Waals surface area contributed by atoms with Crippen LogP contribution in [0.5, 0.6) is 0 Å². The van der Waals surface area contributed by atoms with Crippen molar-refractivity contribution in [2.24, 2.45) is 0 Å². The van der Waals surface area contributed by atoms with Crippen LogP contribution in [0, 0.1) is 0 Å². The Balaban J connectivity index is 1.38. The van der Waals surface area contributed by atoms with Crippen LogP contribution in [-0.2, 0) is 11.2 Å². The molecule has 0 atom stereocenters. The van der Waals surface area contributed by atoms with E-state index in [-0.39, 0.29) is 12.5 Å². The van der Waals surface area contributed by atoms with Crippen LogP contribution in [0.2, 0.25) is 0 Å². The molecule has 1 fully saturated rings. The zero-order valence-electron chi connectivity index (χ0n) is 15.2. The number of carbonyl (C=O) groups excluding carboxylic acids is 1. The number of amides is 1. The monoisotopic (exact) mass is 362 g/mol. The van der Waals surface area contributed by atoms with Gasteiger partial charge in [0.2, 0.25) is 5.91 Å². The maximum atomic E-state index is 12.2. The molecule has 138 valence electrons. The number of anilines is 2. The van der Waals surface area contributed by atoms with Gasteiger partial charge in [-0.15, -0.1) is 5.10 Å². The molecule has 1 aliphatic rings. The number of benzene rings is 2. The summed E-state index contributed by atoms with van der Waals surface area (Å²) in [5.41, 5.74) is 3.84. The Hall–Kier alpha value is -3.22. The Kier molecular flexibility index (Phi) is 4.82. The highest BCUT2D eigenvalue weighted by molar-refractivity contribution is 5.93. The van der Waals surface area contributed by atoms with Gasteiger partial charge in [-0.2, -0.15) is 0 Å². The van der Waals surface area contributed by atoms with Crippen LogP contribution in [0.25, 0.3) is 11.4 Å². The Morgan fingerprint density at radius 1 is 1.15 bits per heavy atom. The molecule has 0 saturated heterocycles. The molecule has 1 amide bonds. The van der Waals surface area contributed by atoms with Gasteiger partial charge in [0.25, 0.3) is 0 Å². The van der Waals surface area contributed by atoms with Crippen LogP contribution in [0.4, 0.5) is 11.4 Å². The third-order valence-electron chi connectivity index (χ3n) is 4.61. The number of hydrogen-bond donors (Lipinski definition) is 2. The van der Waals surface area contributed by atoms with Gasteiger partial charge in [-0.05, 0) is 59.5 Å². The lowest BCUT2D eigenvalue weighted by atomic mass is 10.1. The summed E-state index contributed by atoms with van der Waals surface area (Å²) in [7, 11) is 0. The quantitative estimate of drug-likeness (QED) is 0.674. The standard InChI is InChI=1S/C20H22N6O/c1-2-14-6-8-16(9-7-14)22-19(27)13-21-17-5-3-4-15(12-17)20-23-24-25-26(20)18-10-11-18/h3-9,12,18,21H,2,10-11,13H2,1H3,(H,22,27). The van der Waals surface area contributed by atoms with Crippen LogP contribution in [-0.4, -0.2) is 32.7 Å². The maximum Gasteiger partial charge on any atom is 0.243 e. The minimum Gasteiger partial charge on any atom is -0.376 e. The van der Waals surface area contributed by atoms with Gasteiger partial charge in [0.1, 0.15) is 0 Å². The van der Waals surface area contributed by atoms with E-state index in [0.29, 0.717) is 6.04 Å². The Morgan fingerprint density at radius 2 is 1.96 bits per heavy atom. The summed E-state index contributed by atoms with van der Waals surface area (Å²) in [5, 5.41) is 18.1. The van der Waals surface area contributed by atoms with Gasteiger partial charge in [0, 0.05) is 16.9 Å². The average Bonchev–Trinajstić information content (AvgIpc) is 3.43. The molecule has 7 nitrogen and oxygen atoms in total. The summed E-state index contributed by atoms with van der Waals surface area (Å²) >= 11 is 0. The predicted molar refractivity (Wildman–Crippen MR) is 104 cm³/mol. The molecule has 3 aromatic rings. The number of nitrogens with zero attached hydrogens (tertiary/aromatic N) is 4. The molecule has 0 spiro atoms. The molecule has 0 unspecified atom stereocenters. The highest BCUT2D eigenvalue weighted by atomic mass is 16.1. The number of carbonyl (C=O) groups is 1. The summed E-state index contributed by atoms with van der Waals surface area (Å²) in [5.74, 6) is 0.675. The van der Waals surface area contributed by atoms with Crippen molar-refractivity contribution < 1.29 is 4.79 Å². The lowest BCUT2D eigenvalue weighted by Gasteiger charge is -2.10. The summed E-state index contributed by atoms with van der Waals surface area (Å²) in [6, 6.07) is 16.1. The summed E-state index contributed by atoms with van der Waals surface area (Å²) in [6.45, 7) is 2.29. The number of aromatic nitrogens is 4. The predicted octanol–water partition coefficient (Wildman–Crippen LogP) is 3.29. The van der Waals surface area contributed by atoms with E-state index < -0.39 is 0 Å². The number of hydrogen-bond acceptors (Lipinski definition) is 5. The maximum absolute atomic E-state index is 12.2. The fraction of sp³-hybridized carbons (Fsp3) is 0.300. The first kappa shape index (κ1) is 17.2. The summed E-state index contributed by atoms with van der Waals surface area (Å²) < 4.78 is 1.88. The van der Waals surface area contributed by atoms with E-state index in [4.69, 9.17) is 0 Å². The summed E-state index contributed by atoms with van der Waals surface area (Å²) in [4.78, 5) is 12.2. The van der Waals surface area contributed by atoms with Crippen molar-refractivity contribution >= 4 is 17.3 Å². The van der Waals surface area contributed by atoms with Crippen LogP contribution in [0.15, 0.2) is 48.5 Å². The smallest absolute Gasteiger partial charge is 0.243 e. The molecule has 1 saturated carbocycles. The number of rotatable bonds is 7. The molecular weight excluding hydrogens is 340 g/mol. The van der Waals surface area contributed by atoms with E-state index >= 15 is 0 Å². The van der Waals surface area contributed by atoms with Gasteiger partial charge < -0.3 is 10.6 Å². The Bertz CT molecular complexity index is 930. The molecule has 0 radical (unpaired) electrons. The van der Waals surface area contributed by atoms with Crippen LogP contribution < -0.4 is 10.6 Å². The SMILES string of the molecule is CCc1ccc(NC(=O)CNc2cccc(-c3nnnn3C3CC3)c2)cc1. The second-order valence-corrected chi connectivity index (χ2v) is 6.71. The number of tetrazole rings is 1. The van der Waals surface area contributed by atoms with Gasteiger partial charge in [-0.3, -0.25) is 4.79 Å². The molecule has 0 bridgehead atoms. The molecule has 2 N–H and O–H groups in total. The van der Waals surface area contributed by atoms with Crippen molar-refractivity contribution in [1.82, 2.24) is 20.2 Å². The number of aryl methyl sites for hydroxylation is 1. The Labute approximate surface area is 157 Å². The molecule has 4 rings (SSSR count).